The summed E-state index contributed by atoms with van der Waals surface area (Å²) in [6.07, 6.45) is -20.0. The summed E-state index contributed by atoms with van der Waals surface area (Å²) in [5.41, 5.74) is -8.77. The van der Waals surface area contributed by atoms with Crippen molar-refractivity contribution in [3.8, 4) is 51.7 Å². The molecule has 8 rings (SSSR count). The maximum atomic E-state index is 14.4. The van der Waals surface area contributed by atoms with Crippen molar-refractivity contribution in [3.63, 3.8) is 0 Å². The summed E-state index contributed by atoms with van der Waals surface area (Å²) >= 11 is -2.53. The van der Waals surface area contributed by atoms with Gasteiger partial charge in [0.25, 0.3) is 0 Å². The van der Waals surface area contributed by atoms with Gasteiger partial charge in [-0.1, -0.05) is 0 Å². The van der Waals surface area contributed by atoms with Crippen molar-refractivity contribution in [1.29, 1.82) is 0 Å². The predicted octanol–water partition coefficient (Wildman–Crippen LogP) is -2.87. The van der Waals surface area contributed by atoms with Gasteiger partial charge in [-0.05, 0) is 43.2 Å². The Morgan fingerprint density at radius 2 is 0.931 bits per heavy atom. The third-order valence-electron chi connectivity index (χ3n) is 12.5. The van der Waals surface area contributed by atoms with Crippen LogP contribution in [0.15, 0.2) is 18.2 Å². The maximum absolute atomic E-state index is 14.4. The summed E-state index contributed by atoms with van der Waals surface area (Å²) in [4.78, 5) is 81.7. The van der Waals surface area contributed by atoms with Gasteiger partial charge in [-0.2, -0.15) is 0 Å². The highest BCUT2D eigenvalue weighted by molar-refractivity contribution is 6.34. The Hall–Kier alpha value is -7.17. The number of carboxylic acids is 2. The summed E-state index contributed by atoms with van der Waals surface area (Å²) in [5.74, 6) is -19.0. The predicted molar refractivity (Wildman–Crippen MR) is 227 cm³/mol. The summed E-state index contributed by atoms with van der Waals surface area (Å²) in [5, 5.41) is 159. The van der Waals surface area contributed by atoms with Gasteiger partial charge in [0.05, 0.1) is 29.9 Å². The molecule has 2 saturated heterocycles. The van der Waals surface area contributed by atoms with Crippen LogP contribution in [0, 0.1) is 13.8 Å². The lowest BCUT2D eigenvalue weighted by atomic mass is 9.79. The summed E-state index contributed by atoms with van der Waals surface area (Å²) < 4.78 is 33.4. The van der Waals surface area contributed by atoms with E-state index in [1.54, 1.807) is 0 Å². The van der Waals surface area contributed by atoms with Crippen LogP contribution in [0.25, 0.3) is 0 Å². The molecule has 27 nitrogen and oxygen atoms in total. The number of carbonyl (C=O) groups excluding carboxylic acids is 4. The topological polar surface area (TPSA) is 461 Å². The van der Waals surface area contributed by atoms with E-state index in [9.17, 15) is 105 Å². The monoisotopic (exact) mass is 1030 g/mol. The van der Waals surface area contributed by atoms with Crippen molar-refractivity contribution in [2.75, 3.05) is 13.2 Å². The van der Waals surface area contributed by atoms with Gasteiger partial charge in [0.15, 0.2) is 40.4 Å². The number of hydrogen-bond donors (Lipinski definition) is 15. The molecule has 0 aromatic heterocycles. The van der Waals surface area contributed by atoms with Crippen molar-refractivity contribution < 1.29 is 132 Å². The number of phenols is 5. The molecule has 0 amide bonds. The Morgan fingerprint density at radius 1 is 0.514 bits per heavy atom. The SMILES string of the molecule is Cc1c(C(=O)O)c(O)cc2c1C(=O)c1cc(OC3OC(CO)C(O)C(O)C3O)c(O)c([O][Al][O]c3c(O)c(OC4OC(CO)C(O)C(O)C4O)c(O)c4c3C(=O)c3cc(O)c(C(=O)O)c(C)c3C4=O)c1C2=O. The lowest BCUT2D eigenvalue weighted by Crippen LogP contribution is -2.60. The van der Waals surface area contributed by atoms with Crippen LogP contribution in [0.2, 0.25) is 0 Å². The molecule has 72 heavy (non-hydrogen) atoms. The number of rotatable bonds is 12. The molecule has 2 fully saturated rings. The minimum absolute atomic E-state index is 0.403. The second-order valence-electron chi connectivity index (χ2n) is 16.6. The lowest BCUT2D eigenvalue weighted by Gasteiger charge is -2.39. The molecule has 2 aliphatic carbocycles. The molecule has 0 bridgehead atoms. The number of ether oxygens (including phenoxy) is 4. The van der Waals surface area contributed by atoms with Crippen molar-refractivity contribution >= 4 is 51.0 Å². The Balaban J connectivity index is 1.27. The number of carbonyl (C=O) groups is 6. The van der Waals surface area contributed by atoms with Gasteiger partial charge in [0.1, 0.15) is 83.0 Å². The van der Waals surface area contributed by atoms with Gasteiger partial charge >= 0.3 is 27.8 Å². The highest BCUT2D eigenvalue weighted by Crippen LogP contribution is 2.54. The second-order valence-corrected chi connectivity index (χ2v) is 17.3. The largest absolute Gasteiger partial charge is 0.882 e. The van der Waals surface area contributed by atoms with Crippen molar-refractivity contribution in [2.24, 2.45) is 0 Å². The minimum atomic E-state index is -2.53. The van der Waals surface area contributed by atoms with E-state index < -0.39 is 244 Å². The molecular weight excluding hydrogens is 987 g/mol. The number of ketones is 4. The first-order valence-corrected chi connectivity index (χ1v) is 21.8. The van der Waals surface area contributed by atoms with Crippen molar-refractivity contribution in [3.05, 3.63) is 85.0 Å². The molecule has 4 aliphatic rings. The van der Waals surface area contributed by atoms with Gasteiger partial charge in [-0.3, -0.25) is 19.2 Å². The molecule has 2 aliphatic heterocycles. The van der Waals surface area contributed by atoms with Gasteiger partial charge < -0.3 is 103 Å². The van der Waals surface area contributed by atoms with Crippen molar-refractivity contribution in [2.45, 2.75) is 75.3 Å². The normalized spacial score (nSPS) is 25.4. The highest BCUT2D eigenvalue weighted by atomic mass is 27.2. The average molecular weight is 1030 g/mol. The van der Waals surface area contributed by atoms with Crippen LogP contribution in [0.5, 0.6) is 51.7 Å². The first-order chi connectivity index (χ1) is 33.9. The van der Waals surface area contributed by atoms with Gasteiger partial charge in [-0.15, -0.1) is 0 Å². The number of benzene rings is 4. The van der Waals surface area contributed by atoms with E-state index in [1.807, 2.05) is 0 Å². The number of hydrogen-bond acceptors (Lipinski definition) is 25. The molecule has 10 unspecified atom stereocenters. The quantitative estimate of drug-likeness (QED) is 0.0548. The Labute approximate surface area is 407 Å². The standard InChI is InChI=1S/C22H20O14.C22H20O13.Al/c1-4-8-5(2-6(24)9(4)21(33)34)12(25)10-11(14(8)27)16(29)20(18(31)15(10)28)36-22-19(32)17(30)13(26)7(3-23)35-22;1-5-11-6(2-8(24)12(5)21(32)33)15(26)13-7(14(11)25)3-9(16(27)18(13)29)34-22-20(31)19(30)17(28)10(4-23)35-22;/h2,7,13,17,19,22-24,26,28-32H,3H2,1H3,(H,33,34);2-3,10,17,19-20,22-24,27-31H,4H2,1H3,(H,32,33);/q;;+2/p-2. The molecule has 0 saturated carbocycles. The van der Waals surface area contributed by atoms with Crippen LogP contribution in [0.4, 0.5) is 0 Å². The first kappa shape index (κ1) is 51.2. The number of aromatic hydroxyl groups is 5. The fraction of sp³-hybridized carbons (Fsp3) is 0.318. The number of carboxylic acid groups (broad SMARTS) is 2. The zero-order chi connectivity index (χ0) is 52.8. The Morgan fingerprint density at radius 3 is 1.40 bits per heavy atom. The summed E-state index contributed by atoms with van der Waals surface area (Å²) in [6, 6.07) is 1.96. The number of aliphatic hydroxyl groups is 8. The molecule has 4 aromatic rings. The van der Waals surface area contributed by atoms with Gasteiger partial charge in [0, 0.05) is 27.8 Å². The van der Waals surface area contributed by atoms with E-state index >= 15 is 0 Å². The van der Waals surface area contributed by atoms with Crippen LogP contribution < -0.4 is 17.1 Å². The Bertz CT molecular complexity index is 3040. The fourth-order valence-corrected chi connectivity index (χ4v) is 9.58. The van der Waals surface area contributed by atoms with E-state index in [2.05, 4.69) is 0 Å². The zero-order valence-corrected chi connectivity index (χ0v) is 37.8. The van der Waals surface area contributed by atoms with Crippen LogP contribution in [0.1, 0.15) is 95.5 Å². The van der Waals surface area contributed by atoms with Gasteiger partial charge in [-0.25, -0.2) is 9.59 Å². The highest BCUT2D eigenvalue weighted by Gasteiger charge is 2.49. The number of phenolic OH excluding ortho intramolecular Hbond substituents is 3. The number of fused-ring (bicyclic) bond motifs is 4. The minimum Gasteiger partial charge on any atom is -0.613 e. The summed E-state index contributed by atoms with van der Waals surface area (Å²) in [7, 11) is 0. The molecule has 1 radical (unpaired) electrons. The lowest BCUT2D eigenvalue weighted by molar-refractivity contribution is -0.277. The van der Waals surface area contributed by atoms with Crippen LogP contribution in [-0.2, 0) is 9.47 Å². The number of aromatic carboxylic acids is 2. The molecule has 0 spiro atoms. The second kappa shape index (κ2) is 18.8. The molecule has 28 heteroatoms. The molecule has 379 valence electrons. The first-order valence-electron chi connectivity index (χ1n) is 20.9. The van der Waals surface area contributed by atoms with E-state index in [0.29, 0.717) is 18.2 Å². The molecule has 10 atom stereocenters. The maximum Gasteiger partial charge on any atom is 0.882 e. The van der Waals surface area contributed by atoms with Crippen molar-refractivity contribution in [1.82, 2.24) is 0 Å². The Kier molecular flexibility index (Phi) is 13.4. The van der Waals surface area contributed by atoms with Gasteiger partial charge in [0.2, 0.25) is 24.1 Å². The molecule has 15 N–H and O–H groups in total. The third kappa shape index (κ3) is 7.86. The fourth-order valence-electron chi connectivity index (χ4n) is 8.88. The van der Waals surface area contributed by atoms with E-state index in [0.717, 1.165) is 13.8 Å². The van der Waals surface area contributed by atoms with Crippen LogP contribution in [-0.4, -0.2) is 202 Å². The average Bonchev–Trinajstić information content (AvgIpc) is 3.32. The van der Waals surface area contributed by atoms with Crippen LogP contribution in [0.3, 0.4) is 0 Å². The van der Waals surface area contributed by atoms with E-state index in [1.165, 1.54) is 0 Å². The smallest absolute Gasteiger partial charge is 0.613 e. The number of aliphatic hydroxyl groups excluding tert-OH is 8. The molecular formula is C44H38AlO27. The zero-order valence-electron chi connectivity index (χ0n) is 36.6. The molecule has 2 heterocycles. The van der Waals surface area contributed by atoms with E-state index in [4.69, 9.17) is 26.5 Å². The van der Waals surface area contributed by atoms with Crippen LogP contribution >= 0.6 is 0 Å². The van der Waals surface area contributed by atoms with E-state index in [-0.39, 0.29) is 0 Å². The third-order valence-corrected chi connectivity index (χ3v) is 13.2. The molecule has 4 aromatic carbocycles. The summed E-state index contributed by atoms with van der Waals surface area (Å²) in [6.45, 7) is 0.179.